The van der Waals surface area contributed by atoms with Gasteiger partial charge in [-0.2, -0.15) is 0 Å². The molecule has 5 nitrogen and oxygen atoms in total. The van der Waals surface area contributed by atoms with Crippen LogP contribution in [0.2, 0.25) is 0 Å². The second-order valence-electron chi connectivity index (χ2n) is 6.98. The summed E-state index contributed by atoms with van der Waals surface area (Å²) in [4.78, 5) is 38.5. The van der Waals surface area contributed by atoms with Crippen molar-refractivity contribution in [1.29, 1.82) is 0 Å². The van der Waals surface area contributed by atoms with Crippen LogP contribution in [-0.4, -0.2) is 34.7 Å². The molecule has 0 unspecified atom stereocenters. The summed E-state index contributed by atoms with van der Waals surface area (Å²) in [6, 6.07) is 16.7. The number of Topliss-reactive ketones (excluding diaryl/α,β-unsaturated/α-hetero) is 1. The molecule has 0 bridgehead atoms. The van der Waals surface area contributed by atoms with Gasteiger partial charge >= 0.3 is 6.03 Å². The number of nitrogens with zero attached hydrogens (tertiary/aromatic N) is 1. The van der Waals surface area contributed by atoms with Crippen molar-refractivity contribution in [3.63, 3.8) is 0 Å². The Morgan fingerprint density at radius 1 is 0.923 bits per heavy atom. The van der Waals surface area contributed by atoms with Gasteiger partial charge in [-0.1, -0.05) is 67.4 Å². The van der Waals surface area contributed by atoms with Crippen LogP contribution in [-0.2, 0) is 4.79 Å². The topological polar surface area (TPSA) is 66.5 Å². The van der Waals surface area contributed by atoms with Crippen LogP contribution in [0.3, 0.4) is 0 Å². The molecule has 2 aliphatic rings. The van der Waals surface area contributed by atoms with Crippen LogP contribution in [0.15, 0.2) is 54.6 Å². The van der Waals surface area contributed by atoms with E-state index in [-0.39, 0.29) is 18.2 Å². The molecule has 0 atom stereocenters. The number of amides is 3. The van der Waals surface area contributed by atoms with Gasteiger partial charge in [0, 0.05) is 5.56 Å². The van der Waals surface area contributed by atoms with Crippen molar-refractivity contribution in [1.82, 2.24) is 10.2 Å². The second kappa shape index (κ2) is 6.41. The number of rotatable bonds is 4. The van der Waals surface area contributed by atoms with E-state index in [0.717, 1.165) is 28.9 Å². The average Bonchev–Trinajstić information content (AvgIpc) is 3.23. The second-order valence-corrected chi connectivity index (χ2v) is 6.98. The van der Waals surface area contributed by atoms with Crippen LogP contribution in [0.5, 0.6) is 0 Å². The number of nitrogens with one attached hydrogen (secondary N) is 1. The first-order valence-electron chi connectivity index (χ1n) is 8.92. The molecular formula is C21H20N2O3. The van der Waals surface area contributed by atoms with E-state index >= 15 is 0 Å². The van der Waals surface area contributed by atoms with E-state index in [1.54, 1.807) is 12.1 Å². The van der Waals surface area contributed by atoms with Crippen LogP contribution in [0.25, 0.3) is 11.1 Å². The van der Waals surface area contributed by atoms with E-state index in [9.17, 15) is 14.4 Å². The molecule has 1 aliphatic carbocycles. The van der Waals surface area contributed by atoms with E-state index in [4.69, 9.17) is 0 Å². The third kappa shape index (κ3) is 2.79. The number of imide groups is 1. The highest BCUT2D eigenvalue weighted by molar-refractivity contribution is 6.11. The standard InChI is InChI=1S/C21H20N2O3/c24-18(14-23-19(25)21(22-20(23)26)12-4-5-13-21)17-10-8-16(9-11-17)15-6-2-1-3-7-15/h1-3,6-11H,4-5,12-14H2,(H,22,26). The van der Waals surface area contributed by atoms with Gasteiger partial charge in [0.05, 0.1) is 6.54 Å². The lowest BCUT2D eigenvalue weighted by Gasteiger charge is -2.19. The molecule has 4 rings (SSSR count). The average molecular weight is 348 g/mol. The lowest BCUT2D eigenvalue weighted by molar-refractivity contribution is -0.130. The minimum Gasteiger partial charge on any atom is -0.323 e. The summed E-state index contributed by atoms with van der Waals surface area (Å²) in [6.45, 7) is -0.211. The Bertz CT molecular complexity index is 853. The van der Waals surface area contributed by atoms with Crippen molar-refractivity contribution < 1.29 is 14.4 Å². The monoisotopic (exact) mass is 348 g/mol. The van der Waals surface area contributed by atoms with E-state index < -0.39 is 11.6 Å². The predicted octanol–water partition coefficient (Wildman–Crippen LogP) is 3.40. The molecule has 3 amide bonds. The van der Waals surface area contributed by atoms with Gasteiger partial charge in [0.25, 0.3) is 5.91 Å². The third-order valence-electron chi connectivity index (χ3n) is 5.32. The molecule has 1 aliphatic heterocycles. The van der Waals surface area contributed by atoms with E-state index in [2.05, 4.69) is 5.32 Å². The van der Waals surface area contributed by atoms with Crippen LogP contribution < -0.4 is 5.32 Å². The Balaban J connectivity index is 1.48. The lowest BCUT2D eigenvalue weighted by atomic mass is 9.98. The number of carbonyl (C=O) groups is 3. The van der Waals surface area contributed by atoms with Gasteiger partial charge in [-0.25, -0.2) is 4.79 Å². The van der Waals surface area contributed by atoms with E-state index in [0.29, 0.717) is 18.4 Å². The quantitative estimate of drug-likeness (QED) is 0.680. The van der Waals surface area contributed by atoms with Crippen molar-refractivity contribution in [2.75, 3.05) is 6.54 Å². The first kappa shape index (κ1) is 16.5. The SMILES string of the molecule is O=C(CN1C(=O)NC2(CCCC2)C1=O)c1ccc(-c2ccccc2)cc1. The van der Waals surface area contributed by atoms with Gasteiger partial charge in [-0.3, -0.25) is 14.5 Å². The Hall–Kier alpha value is -2.95. The molecule has 5 heteroatoms. The molecular weight excluding hydrogens is 328 g/mol. The summed E-state index contributed by atoms with van der Waals surface area (Å²) < 4.78 is 0. The smallest absolute Gasteiger partial charge is 0.323 e. The Labute approximate surface area is 152 Å². The molecule has 2 fully saturated rings. The molecule has 1 N–H and O–H groups in total. The minimum absolute atomic E-state index is 0.211. The molecule has 1 saturated carbocycles. The predicted molar refractivity (Wildman–Crippen MR) is 97.7 cm³/mol. The highest BCUT2D eigenvalue weighted by Gasteiger charge is 2.52. The molecule has 2 aromatic carbocycles. The van der Waals surface area contributed by atoms with Gasteiger partial charge in [-0.15, -0.1) is 0 Å². The first-order chi connectivity index (χ1) is 12.6. The molecule has 132 valence electrons. The van der Waals surface area contributed by atoms with Crippen LogP contribution in [0.1, 0.15) is 36.0 Å². The summed E-state index contributed by atoms with van der Waals surface area (Å²) in [5.74, 6) is -0.489. The van der Waals surface area contributed by atoms with Crippen molar-refractivity contribution >= 4 is 17.7 Å². The summed E-state index contributed by atoms with van der Waals surface area (Å²) in [7, 11) is 0. The maximum Gasteiger partial charge on any atom is 0.325 e. The molecule has 2 aromatic rings. The summed E-state index contributed by atoms with van der Waals surface area (Å²) in [6.07, 6.45) is 3.17. The largest absolute Gasteiger partial charge is 0.325 e. The zero-order valence-corrected chi connectivity index (χ0v) is 14.4. The normalized spacial score (nSPS) is 18.4. The molecule has 0 aromatic heterocycles. The number of carbonyl (C=O) groups excluding carboxylic acids is 3. The van der Waals surface area contributed by atoms with E-state index in [1.165, 1.54) is 0 Å². The van der Waals surface area contributed by atoms with Gasteiger partial charge in [0.2, 0.25) is 0 Å². The highest BCUT2D eigenvalue weighted by atomic mass is 16.2. The van der Waals surface area contributed by atoms with Crippen LogP contribution in [0, 0.1) is 0 Å². The van der Waals surface area contributed by atoms with Crippen molar-refractivity contribution in [3.8, 4) is 11.1 Å². The zero-order valence-electron chi connectivity index (χ0n) is 14.4. The number of hydrogen-bond donors (Lipinski definition) is 1. The number of urea groups is 1. The van der Waals surface area contributed by atoms with Crippen molar-refractivity contribution in [2.24, 2.45) is 0 Å². The van der Waals surface area contributed by atoms with Gasteiger partial charge in [0.1, 0.15) is 5.54 Å². The summed E-state index contributed by atoms with van der Waals surface area (Å²) in [5, 5.41) is 2.80. The fourth-order valence-electron chi connectivity index (χ4n) is 3.85. The zero-order chi connectivity index (χ0) is 18.1. The van der Waals surface area contributed by atoms with Gasteiger partial charge in [-0.05, 0) is 24.0 Å². The maximum absolute atomic E-state index is 12.6. The number of benzene rings is 2. The molecule has 1 saturated heterocycles. The molecule has 26 heavy (non-hydrogen) atoms. The van der Waals surface area contributed by atoms with Gasteiger partial charge < -0.3 is 5.32 Å². The number of ketones is 1. The first-order valence-corrected chi connectivity index (χ1v) is 8.92. The Morgan fingerprint density at radius 3 is 2.19 bits per heavy atom. The van der Waals surface area contributed by atoms with Crippen molar-refractivity contribution in [2.45, 2.75) is 31.2 Å². The molecule has 1 heterocycles. The highest BCUT2D eigenvalue weighted by Crippen LogP contribution is 2.35. The fraction of sp³-hybridized carbons (Fsp3) is 0.286. The Kier molecular flexibility index (Phi) is 4.07. The summed E-state index contributed by atoms with van der Waals surface area (Å²) in [5.41, 5.74) is 1.82. The van der Waals surface area contributed by atoms with Crippen molar-refractivity contribution in [3.05, 3.63) is 60.2 Å². The van der Waals surface area contributed by atoms with Crippen LogP contribution in [0.4, 0.5) is 4.79 Å². The Morgan fingerprint density at radius 2 is 1.54 bits per heavy atom. The third-order valence-corrected chi connectivity index (χ3v) is 5.32. The fourth-order valence-corrected chi connectivity index (χ4v) is 3.85. The molecule has 1 spiro atoms. The summed E-state index contributed by atoms with van der Waals surface area (Å²) >= 11 is 0. The van der Waals surface area contributed by atoms with Gasteiger partial charge in [0.15, 0.2) is 5.78 Å². The number of hydrogen-bond acceptors (Lipinski definition) is 3. The van der Waals surface area contributed by atoms with Crippen LogP contribution >= 0.6 is 0 Å². The minimum atomic E-state index is -0.769. The molecule has 0 radical (unpaired) electrons. The lowest BCUT2D eigenvalue weighted by Crippen LogP contribution is -2.44. The maximum atomic E-state index is 12.6. The van der Waals surface area contributed by atoms with E-state index in [1.807, 2.05) is 42.5 Å².